The largest absolute Gasteiger partial charge is 0.354 e. The molecule has 0 radical (unpaired) electrons. The molecule has 1 saturated heterocycles. The van der Waals surface area contributed by atoms with Crippen LogP contribution >= 0.6 is 0 Å². The lowest BCUT2D eigenvalue weighted by Crippen LogP contribution is -2.35. The Balaban J connectivity index is 1.64. The van der Waals surface area contributed by atoms with E-state index in [-0.39, 0.29) is 35.4 Å². The third kappa shape index (κ3) is 3.58. The summed E-state index contributed by atoms with van der Waals surface area (Å²) in [6.07, 6.45) is 1.92. The lowest BCUT2D eigenvalue weighted by molar-refractivity contribution is -0.121. The van der Waals surface area contributed by atoms with Gasteiger partial charge in [-0.25, -0.2) is 13.4 Å². The van der Waals surface area contributed by atoms with E-state index in [1.54, 1.807) is 24.3 Å². The van der Waals surface area contributed by atoms with Crippen molar-refractivity contribution in [1.82, 2.24) is 14.9 Å². The van der Waals surface area contributed by atoms with Gasteiger partial charge in [0.05, 0.1) is 28.7 Å². The second-order valence-corrected chi connectivity index (χ2v) is 8.00. The lowest BCUT2D eigenvalue weighted by Gasteiger charge is -2.11. The molecule has 1 atom stereocenters. The summed E-state index contributed by atoms with van der Waals surface area (Å²) in [6.45, 7) is 0.184. The van der Waals surface area contributed by atoms with Gasteiger partial charge in [0, 0.05) is 6.54 Å². The van der Waals surface area contributed by atoms with Gasteiger partial charge in [0.1, 0.15) is 6.54 Å². The zero-order valence-corrected chi connectivity index (χ0v) is 13.3. The van der Waals surface area contributed by atoms with Gasteiger partial charge in [-0.3, -0.25) is 14.2 Å². The SMILES string of the molecule is O=C(Cn1cnc2ccccc2c1=O)NC[C@@H]1CCS(=O)(=O)C1. The number of amides is 1. The number of aromatic nitrogens is 2. The second-order valence-electron chi connectivity index (χ2n) is 5.77. The Morgan fingerprint density at radius 3 is 2.87 bits per heavy atom. The van der Waals surface area contributed by atoms with E-state index < -0.39 is 9.84 Å². The predicted octanol–water partition coefficient (Wildman–Crippen LogP) is -0.0526. The highest BCUT2D eigenvalue weighted by atomic mass is 32.2. The van der Waals surface area contributed by atoms with Gasteiger partial charge in [0.25, 0.3) is 5.56 Å². The minimum atomic E-state index is -2.95. The third-order valence-electron chi connectivity index (χ3n) is 3.96. The summed E-state index contributed by atoms with van der Waals surface area (Å²) in [6, 6.07) is 6.95. The number of para-hydroxylation sites is 1. The van der Waals surface area contributed by atoms with E-state index in [9.17, 15) is 18.0 Å². The Morgan fingerprint density at radius 1 is 1.35 bits per heavy atom. The number of hydrogen-bond donors (Lipinski definition) is 1. The Bertz CT molecular complexity index is 904. The number of sulfone groups is 1. The molecule has 122 valence electrons. The van der Waals surface area contributed by atoms with E-state index in [4.69, 9.17) is 0 Å². The zero-order valence-electron chi connectivity index (χ0n) is 12.4. The molecule has 0 bridgehead atoms. The number of fused-ring (bicyclic) bond motifs is 1. The molecule has 1 aliphatic rings. The smallest absolute Gasteiger partial charge is 0.261 e. The molecule has 7 nitrogen and oxygen atoms in total. The number of nitrogens with zero attached hydrogens (tertiary/aromatic N) is 2. The van der Waals surface area contributed by atoms with E-state index in [1.807, 2.05) is 0 Å². The van der Waals surface area contributed by atoms with Gasteiger partial charge in [0.15, 0.2) is 9.84 Å². The Morgan fingerprint density at radius 2 is 2.13 bits per heavy atom. The van der Waals surface area contributed by atoms with E-state index in [2.05, 4.69) is 10.3 Å². The van der Waals surface area contributed by atoms with E-state index in [0.717, 1.165) is 0 Å². The number of carbonyl (C=O) groups is 1. The Labute approximate surface area is 133 Å². The molecule has 1 aliphatic heterocycles. The quantitative estimate of drug-likeness (QED) is 0.844. The van der Waals surface area contributed by atoms with Gasteiger partial charge < -0.3 is 5.32 Å². The van der Waals surface area contributed by atoms with Gasteiger partial charge in [-0.2, -0.15) is 0 Å². The maximum absolute atomic E-state index is 12.3. The van der Waals surface area contributed by atoms with E-state index in [1.165, 1.54) is 10.9 Å². The van der Waals surface area contributed by atoms with Crippen molar-refractivity contribution in [3.05, 3.63) is 40.9 Å². The summed E-state index contributed by atoms with van der Waals surface area (Å²) in [4.78, 5) is 28.4. The molecule has 23 heavy (non-hydrogen) atoms. The van der Waals surface area contributed by atoms with Crippen molar-refractivity contribution in [2.24, 2.45) is 5.92 Å². The number of benzene rings is 1. The topological polar surface area (TPSA) is 98.1 Å². The number of nitrogens with one attached hydrogen (secondary N) is 1. The van der Waals surface area contributed by atoms with Gasteiger partial charge >= 0.3 is 0 Å². The lowest BCUT2D eigenvalue weighted by atomic mass is 10.1. The van der Waals surface area contributed by atoms with Gasteiger partial charge in [0.2, 0.25) is 5.91 Å². The van der Waals surface area contributed by atoms with Crippen molar-refractivity contribution in [1.29, 1.82) is 0 Å². The van der Waals surface area contributed by atoms with Crippen molar-refractivity contribution >= 4 is 26.6 Å². The standard InChI is InChI=1S/C15H17N3O4S/c19-14(16-7-11-5-6-23(21,22)9-11)8-18-10-17-13-4-2-1-3-12(13)15(18)20/h1-4,10-11H,5-9H2,(H,16,19)/t11-/m0/s1. The first-order valence-corrected chi connectivity index (χ1v) is 9.18. The molecule has 0 spiro atoms. The average Bonchev–Trinajstić information content (AvgIpc) is 2.88. The van der Waals surface area contributed by atoms with E-state index in [0.29, 0.717) is 23.9 Å². The fourth-order valence-corrected chi connectivity index (χ4v) is 4.58. The fraction of sp³-hybridized carbons (Fsp3) is 0.400. The van der Waals surface area contributed by atoms with Crippen molar-refractivity contribution in [3.63, 3.8) is 0 Å². The summed E-state index contributed by atoms with van der Waals surface area (Å²) < 4.78 is 24.0. The van der Waals surface area contributed by atoms with Gasteiger partial charge in [-0.1, -0.05) is 12.1 Å². The maximum atomic E-state index is 12.3. The monoisotopic (exact) mass is 335 g/mol. The van der Waals surface area contributed by atoms with Crippen LogP contribution in [0, 0.1) is 5.92 Å². The average molecular weight is 335 g/mol. The molecule has 3 rings (SSSR count). The Kier molecular flexibility index (Phi) is 4.16. The maximum Gasteiger partial charge on any atom is 0.261 e. The van der Waals surface area contributed by atoms with Crippen LogP contribution in [0.5, 0.6) is 0 Å². The predicted molar refractivity (Wildman–Crippen MR) is 85.8 cm³/mol. The first kappa shape index (κ1) is 15.7. The van der Waals surface area contributed by atoms with Crippen LogP contribution in [-0.4, -0.2) is 41.9 Å². The molecule has 0 saturated carbocycles. The van der Waals surface area contributed by atoms with Crippen LogP contribution in [0.4, 0.5) is 0 Å². The molecule has 1 N–H and O–H groups in total. The molecule has 2 heterocycles. The summed E-state index contributed by atoms with van der Waals surface area (Å²) in [5, 5.41) is 3.16. The molecule has 1 amide bonds. The molecular weight excluding hydrogens is 318 g/mol. The third-order valence-corrected chi connectivity index (χ3v) is 5.80. The van der Waals surface area contributed by atoms with Crippen LogP contribution in [0.1, 0.15) is 6.42 Å². The van der Waals surface area contributed by atoms with Crippen molar-refractivity contribution in [2.75, 3.05) is 18.1 Å². The van der Waals surface area contributed by atoms with E-state index >= 15 is 0 Å². The summed E-state index contributed by atoms with van der Waals surface area (Å²) in [7, 11) is -2.95. The summed E-state index contributed by atoms with van der Waals surface area (Å²) in [5.41, 5.74) is 0.319. The number of carbonyl (C=O) groups excluding carboxylic acids is 1. The molecule has 1 fully saturated rings. The molecule has 2 aromatic rings. The molecule has 1 aromatic carbocycles. The van der Waals surface area contributed by atoms with Crippen molar-refractivity contribution in [3.8, 4) is 0 Å². The molecule has 1 aromatic heterocycles. The van der Waals surface area contributed by atoms with Crippen LogP contribution < -0.4 is 10.9 Å². The number of hydrogen-bond acceptors (Lipinski definition) is 5. The molecule has 0 aliphatic carbocycles. The molecular formula is C15H17N3O4S. The normalized spacial score (nSPS) is 19.7. The Hall–Kier alpha value is -2.22. The first-order valence-electron chi connectivity index (χ1n) is 7.36. The van der Waals surface area contributed by atoms with Crippen molar-refractivity contribution < 1.29 is 13.2 Å². The summed E-state index contributed by atoms with van der Waals surface area (Å²) >= 11 is 0. The van der Waals surface area contributed by atoms with Crippen molar-refractivity contribution in [2.45, 2.75) is 13.0 Å². The van der Waals surface area contributed by atoms with Crippen LogP contribution in [0.15, 0.2) is 35.4 Å². The first-order chi connectivity index (χ1) is 10.9. The molecule has 8 heteroatoms. The van der Waals surface area contributed by atoms with Crippen LogP contribution in [0.25, 0.3) is 10.9 Å². The van der Waals surface area contributed by atoms with Crippen LogP contribution in [-0.2, 0) is 21.2 Å². The van der Waals surface area contributed by atoms with Crippen LogP contribution in [0.3, 0.4) is 0 Å². The highest BCUT2D eigenvalue weighted by molar-refractivity contribution is 7.91. The second kappa shape index (κ2) is 6.11. The van der Waals surface area contributed by atoms with Gasteiger partial charge in [-0.05, 0) is 24.5 Å². The minimum Gasteiger partial charge on any atom is -0.354 e. The van der Waals surface area contributed by atoms with Gasteiger partial charge in [-0.15, -0.1) is 0 Å². The van der Waals surface area contributed by atoms with Crippen LogP contribution in [0.2, 0.25) is 0 Å². The number of rotatable bonds is 4. The molecule has 0 unspecified atom stereocenters. The summed E-state index contributed by atoms with van der Waals surface area (Å²) in [5.74, 6) is -0.0734. The highest BCUT2D eigenvalue weighted by Gasteiger charge is 2.27. The minimum absolute atomic E-state index is 0.0459. The zero-order chi connectivity index (χ0) is 16.4. The highest BCUT2D eigenvalue weighted by Crippen LogP contribution is 2.17. The fourth-order valence-electron chi connectivity index (χ4n) is 2.72.